The maximum absolute atomic E-state index is 13.9. The van der Waals surface area contributed by atoms with E-state index in [1.807, 2.05) is 18.2 Å². The summed E-state index contributed by atoms with van der Waals surface area (Å²) in [4.78, 5) is 14.0. The molecule has 0 bridgehead atoms. The molecule has 0 fully saturated rings. The van der Waals surface area contributed by atoms with Crippen LogP contribution in [0.3, 0.4) is 0 Å². The Balaban J connectivity index is 1.72. The average molecular weight is 392 g/mol. The molecule has 3 rings (SSSR count). The van der Waals surface area contributed by atoms with Crippen LogP contribution in [0.2, 0.25) is 10.0 Å². The minimum Gasteiger partial charge on any atom is -0.337 e. The van der Waals surface area contributed by atoms with Crippen molar-refractivity contribution in [1.29, 1.82) is 0 Å². The number of nitrogens with zero attached hydrogens (tertiary/aromatic N) is 3. The number of benzene rings is 2. The van der Waals surface area contributed by atoms with Gasteiger partial charge in [0, 0.05) is 35.4 Å². The Morgan fingerprint density at radius 2 is 1.88 bits per heavy atom. The van der Waals surface area contributed by atoms with Gasteiger partial charge in [-0.15, -0.1) is 0 Å². The molecule has 0 spiro atoms. The Bertz CT molecular complexity index is 922. The zero-order valence-corrected chi connectivity index (χ0v) is 15.5. The number of carbonyl (C=O) groups is 1. The number of rotatable bonds is 5. The van der Waals surface area contributed by atoms with Crippen LogP contribution in [0, 0.1) is 5.82 Å². The van der Waals surface area contributed by atoms with Crippen LogP contribution < -0.4 is 0 Å². The van der Waals surface area contributed by atoms with Gasteiger partial charge in [-0.05, 0) is 23.8 Å². The first-order valence-electron chi connectivity index (χ1n) is 7.90. The van der Waals surface area contributed by atoms with Crippen LogP contribution in [-0.2, 0) is 13.1 Å². The molecule has 0 radical (unpaired) electrons. The summed E-state index contributed by atoms with van der Waals surface area (Å²) in [7, 11) is 1.59. The second-order valence-corrected chi connectivity index (χ2v) is 6.69. The molecule has 26 heavy (non-hydrogen) atoms. The van der Waals surface area contributed by atoms with E-state index in [2.05, 4.69) is 5.10 Å². The molecular formula is C19H16Cl2FN3O. The van der Waals surface area contributed by atoms with Gasteiger partial charge in [-0.25, -0.2) is 4.39 Å². The van der Waals surface area contributed by atoms with Crippen LogP contribution in [0.1, 0.15) is 21.5 Å². The SMILES string of the molecule is CN(Cc1c(F)cccc1Cl)C(=O)c1cnn(Cc2ccccc2Cl)c1. The van der Waals surface area contributed by atoms with Crippen LogP contribution in [0.5, 0.6) is 0 Å². The van der Waals surface area contributed by atoms with Gasteiger partial charge in [-0.3, -0.25) is 9.48 Å². The quantitative estimate of drug-likeness (QED) is 0.634. The lowest BCUT2D eigenvalue weighted by molar-refractivity contribution is 0.0784. The zero-order chi connectivity index (χ0) is 18.7. The number of carbonyl (C=O) groups excluding carboxylic acids is 1. The van der Waals surface area contributed by atoms with Crippen LogP contribution >= 0.6 is 23.2 Å². The summed E-state index contributed by atoms with van der Waals surface area (Å²) in [5.74, 6) is -0.707. The number of aromatic nitrogens is 2. The van der Waals surface area contributed by atoms with Gasteiger partial charge in [0.2, 0.25) is 0 Å². The maximum Gasteiger partial charge on any atom is 0.257 e. The monoisotopic (exact) mass is 391 g/mol. The first-order valence-corrected chi connectivity index (χ1v) is 8.65. The summed E-state index contributed by atoms with van der Waals surface area (Å²) in [6.07, 6.45) is 3.13. The normalized spacial score (nSPS) is 10.8. The molecule has 1 amide bonds. The Morgan fingerprint density at radius 3 is 2.62 bits per heavy atom. The van der Waals surface area contributed by atoms with Gasteiger partial charge in [0.1, 0.15) is 5.82 Å². The van der Waals surface area contributed by atoms with Crippen LogP contribution in [0.25, 0.3) is 0 Å². The molecule has 4 nitrogen and oxygen atoms in total. The van der Waals surface area contributed by atoms with Gasteiger partial charge in [0.15, 0.2) is 0 Å². The van der Waals surface area contributed by atoms with E-state index in [1.165, 1.54) is 23.2 Å². The smallest absolute Gasteiger partial charge is 0.257 e. The predicted molar refractivity (Wildman–Crippen MR) is 100.0 cm³/mol. The van der Waals surface area contributed by atoms with Gasteiger partial charge < -0.3 is 4.90 Å². The summed E-state index contributed by atoms with van der Waals surface area (Å²) in [5, 5.41) is 5.14. The summed E-state index contributed by atoms with van der Waals surface area (Å²) < 4.78 is 15.5. The number of hydrogen-bond donors (Lipinski definition) is 0. The Kier molecular flexibility index (Phi) is 5.59. The van der Waals surface area contributed by atoms with E-state index in [0.29, 0.717) is 22.2 Å². The minimum absolute atomic E-state index is 0.0695. The van der Waals surface area contributed by atoms with Crippen molar-refractivity contribution in [3.63, 3.8) is 0 Å². The molecule has 7 heteroatoms. The van der Waals surface area contributed by atoms with Crippen LogP contribution in [-0.4, -0.2) is 27.6 Å². The van der Waals surface area contributed by atoms with E-state index >= 15 is 0 Å². The summed E-state index contributed by atoms with van der Waals surface area (Å²) >= 11 is 12.2. The lowest BCUT2D eigenvalue weighted by atomic mass is 10.2. The van der Waals surface area contributed by atoms with Crippen molar-refractivity contribution in [2.45, 2.75) is 13.1 Å². The lowest BCUT2D eigenvalue weighted by Gasteiger charge is -2.17. The Hall–Kier alpha value is -2.37. The van der Waals surface area contributed by atoms with E-state index in [0.717, 1.165) is 5.56 Å². The fourth-order valence-corrected chi connectivity index (χ4v) is 2.99. The third-order valence-corrected chi connectivity index (χ3v) is 4.70. The zero-order valence-electron chi connectivity index (χ0n) is 14.0. The van der Waals surface area contributed by atoms with E-state index in [-0.39, 0.29) is 18.0 Å². The van der Waals surface area contributed by atoms with Gasteiger partial charge >= 0.3 is 0 Å². The van der Waals surface area contributed by atoms with Crippen molar-refractivity contribution in [3.05, 3.63) is 87.4 Å². The second kappa shape index (κ2) is 7.89. The van der Waals surface area contributed by atoms with E-state index in [9.17, 15) is 9.18 Å². The van der Waals surface area contributed by atoms with Gasteiger partial charge in [-0.2, -0.15) is 5.10 Å². The predicted octanol–water partition coefficient (Wildman–Crippen LogP) is 4.65. The number of halogens is 3. The first-order chi connectivity index (χ1) is 12.5. The molecule has 0 unspecified atom stereocenters. The molecule has 0 N–H and O–H groups in total. The standard InChI is InChI=1S/C19H16Cl2FN3O/c1-24(12-15-17(21)7-4-8-18(15)22)19(26)14-9-23-25(11-14)10-13-5-2-3-6-16(13)20/h2-9,11H,10,12H2,1H3. The number of hydrogen-bond acceptors (Lipinski definition) is 2. The molecule has 0 aliphatic heterocycles. The Labute approximate surface area is 160 Å². The van der Waals surface area contributed by atoms with Crippen molar-refractivity contribution < 1.29 is 9.18 Å². The first kappa shape index (κ1) is 18.4. The number of amides is 1. The fraction of sp³-hybridized carbons (Fsp3) is 0.158. The average Bonchev–Trinajstić information content (AvgIpc) is 3.08. The summed E-state index contributed by atoms with van der Waals surface area (Å²) in [5.41, 5.74) is 1.60. The molecule has 0 aliphatic carbocycles. The summed E-state index contributed by atoms with van der Waals surface area (Å²) in [6.45, 7) is 0.524. The maximum atomic E-state index is 13.9. The highest BCUT2D eigenvalue weighted by Crippen LogP contribution is 2.21. The largest absolute Gasteiger partial charge is 0.337 e. The van der Waals surface area contributed by atoms with Crippen molar-refractivity contribution >= 4 is 29.1 Å². The van der Waals surface area contributed by atoms with Gasteiger partial charge in [0.05, 0.1) is 18.3 Å². The molecule has 3 aromatic rings. The third-order valence-electron chi connectivity index (χ3n) is 3.97. The van der Waals surface area contributed by atoms with Gasteiger partial charge in [0.25, 0.3) is 5.91 Å². The van der Waals surface area contributed by atoms with Crippen molar-refractivity contribution in [2.75, 3.05) is 7.05 Å². The molecule has 0 saturated heterocycles. The molecule has 1 aromatic heterocycles. The van der Waals surface area contributed by atoms with Crippen molar-refractivity contribution in [3.8, 4) is 0 Å². The van der Waals surface area contributed by atoms with Crippen molar-refractivity contribution in [1.82, 2.24) is 14.7 Å². The third kappa shape index (κ3) is 4.06. The van der Waals surface area contributed by atoms with Crippen molar-refractivity contribution in [2.24, 2.45) is 0 Å². The van der Waals surface area contributed by atoms with E-state index in [4.69, 9.17) is 23.2 Å². The van der Waals surface area contributed by atoms with Crippen LogP contribution in [0.15, 0.2) is 54.9 Å². The fourth-order valence-electron chi connectivity index (χ4n) is 2.57. The minimum atomic E-state index is -0.438. The molecular weight excluding hydrogens is 376 g/mol. The highest BCUT2D eigenvalue weighted by atomic mass is 35.5. The molecule has 2 aromatic carbocycles. The second-order valence-electron chi connectivity index (χ2n) is 5.88. The lowest BCUT2D eigenvalue weighted by Crippen LogP contribution is -2.26. The molecule has 1 heterocycles. The van der Waals surface area contributed by atoms with E-state index < -0.39 is 5.82 Å². The van der Waals surface area contributed by atoms with Gasteiger partial charge in [-0.1, -0.05) is 47.5 Å². The highest BCUT2D eigenvalue weighted by Gasteiger charge is 2.17. The highest BCUT2D eigenvalue weighted by molar-refractivity contribution is 6.31. The molecule has 134 valence electrons. The molecule has 0 atom stereocenters. The summed E-state index contributed by atoms with van der Waals surface area (Å²) in [6, 6.07) is 11.9. The topological polar surface area (TPSA) is 38.1 Å². The molecule has 0 aliphatic rings. The van der Waals surface area contributed by atoms with E-state index in [1.54, 1.807) is 30.1 Å². The van der Waals surface area contributed by atoms with Crippen LogP contribution in [0.4, 0.5) is 4.39 Å². The molecule has 0 saturated carbocycles. The Morgan fingerprint density at radius 1 is 1.15 bits per heavy atom.